The number of benzene rings is 2. The molecule has 0 saturated carbocycles. The number of nitrogens with one attached hydrogen (secondary N) is 2. The van der Waals surface area contributed by atoms with E-state index in [1.165, 1.54) is 0 Å². The van der Waals surface area contributed by atoms with Gasteiger partial charge in [0.1, 0.15) is 0 Å². The minimum absolute atomic E-state index is 0.0151. The Kier molecular flexibility index (Phi) is 7.89. The molecule has 0 unspecified atom stereocenters. The van der Waals surface area contributed by atoms with Gasteiger partial charge >= 0.3 is 0 Å². The summed E-state index contributed by atoms with van der Waals surface area (Å²) >= 11 is 0. The third-order valence-corrected chi connectivity index (χ3v) is 5.67. The van der Waals surface area contributed by atoms with E-state index in [0.717, 1.165) is 31.5 Å². The fraction of sp³-hybridized carbons (Fsp3) is 0.417. The molecule has 0 bridgehead atoms. The molecule has 0 aliphatic carbocycles. The van der Waals surface area contributed by atoms with Crippen molar-refractivity contribution >= 4 is 17.5 Å². The fourth-order valence-electron chi connectivity index (χ4n) is 3.75. The second-order valence-corrected chi connectivity index (χ2v) is 7.81. The van der Waals surface area contributed by atoms with Crippen LogP contribution in [0.25, 0.3) is 0 Å². The van der Waals surface area contributed by atoms with E-state index in [9.17, 15) is 9.59 Å². The Morgan fingerprint density at radius 1 is 1.03 bits per heavy atom. The fourth-order valence-corrected chi connectivity index (χ4v) is 3.75. The van der Waals surface area contributed by atoms with Crippen molar-refractivity contribution in [1.82, 2.24) is 10.2 Å². The highest BCUT2D eigenvalue weighted by molar-refractivity contribution is 6.04. The van der Waals surface area contributed by atoms with Gasteiger partial charge in [-0.1, -0.05) is 18.2 Å². The molecule has 2 aromatic carbocycles. The molecular weight excluding hydrogens is 394 g/mol. The second-order valence-electron chi connectivity index (χ2n) is 7.81. The smallest absolute Gasteiger partial charge is 0.253 e. The van der Waals surface area contributed by atoms with Crippen molar-refractivity contribution in [2.24, 2.45) is 5.92 Å². The summed E-state index contributed by atoms with van der Waals surface area (Å²) in [6, 6.07) is 12.8. The van der Waals surface area contributed by atoms with Crippen molar-refractivity contribution in [2.45, 2.75) is 19.3 Å². The molecule has 166 valence electrons. The van der Waals surface area contributed by atoms with Gasteiger partial charge in [-0.15, -0.1) is 0 Å². The van der Waals surface area contributed by atoms with Crippen molar-refractivity contribution < 1.29 is 19.1 Å². The van der Waals surface area contributed by atoms with Gasteiger partial charge in [-0.2, -0.15) is 0 Å². The van der Waals surface area contributed by atoms with Crippen LogP contribution >= 0.6 is 0 Å². The van der Waals surface area contributed by atoms with Crippen LogP contribution < -0.4 is 20.1 Å². The van der Waals surface area contributed by atoms with E-state index < -0.39 is 0 Å². The lowest BCUT2D eigenvalue weighted by Gasteiger charge is -2.28. The van der Waals surface area contributed by atoms with Crippen LogP contribution in [-0.4, -0.2) is 57.6 Å². The SMILES string of the molecule is COc1ccc(CCNC(=O)c2ccccc2NC(=O)C2CCN(C)CC2)cc1OC. The third-order valence-electron chi connectivity index (χ3n) is 5.67. The molecule has 0 radical (unpaired) electrons. The standard InChI is InChI=1S/C24H31N3O4/c1-27-14-11-18(12-15-27)23(28)26-20-7-5-4-6-19(20)24(29)25-13-10-17-8-9-21(30-2)22(16-17)31-3/h4-9,16,18H,10-15H2,1-3H3,(H,25,29)(H,26,28). The maximum absolute atomic E-state index is 12.8. The number of nitrogens with zero attached hydrogens (tertiary/aromatic N) is 1. The van der Waals surface area contributed by atoms with Crippen LogP contribution in [-0.2, 0) is 11.2 Å². The van der Waals surface area contributed by atoms with Crippen molar-refractivity contribution in [3.8, 4) is 11.5 Å². The summed E-state index contributed by atoms with van der Waals surface area (Å²) in [6.07, 6.45) is 2.32. The van der Waals surface area contributed by atoms with Gasteiger partial charge in [-0.05, 0) is 69.2 Å². The van der Waals surface area contributed by atoms with Crippen LogP contribution in [0.15, 0.2) is 42.5 Å². The number of methoxy groups -OCH3 is 2. The number of likely N-dealkylation sites (tertiary alicyclic amines) is 1. The zero-order chi connectivity index (χ0) is 22.2. The lowest BCUT2D eigenvalue weighted by molar-refractivity contribution is -0.121. The van der Waals surface area contributed by atoms with E-state index in [1.54, 1.807) is 32.4 Å². The minimum atomic E-state index is -0.209. The molecule has 1 fully saturated rings. The summed E-state index contributed by atoms with van der Waals surface area (Å²) < 4.78 is 10.6. The molecule has 0 aromatic heterocycles. The molecule has 0 atom stereocenters. The predicted molar refractivity (Wildman–Crippen MR) is 121 cm³/mol. The van der Waals surface area contributed by atoms with Crippen LogP contribution in [0.2, 0.25) is 0 Å². The number of para-hydroxylation sites is 1. The Balaban J connectivity index is 1.58. The number of ether oxygens (including phenoxy) is 2. The molecule has 1 heterocycles. The number of hydrogen-bond acceptors (Lipinski definition) is 5. The number of anilines is 1. The van der Waals surface area contributed by atoms with Gasteiger partial charge in [0.05, 0.1) is 25.5 Å². The summed E-state index contributed by atoms with van der Waals surface area (Å²) in [5, 5.41) is 5.91. The summed E-state index contributed by atoms with van der Waals surface area (Å²) in [5.41, 5.74) is 2.05. The number of amides is 2. The second kappa shape index (κ2) is 10.8. The Morgan fingerprint density at radius 3 is 2.45 bits per heavy atom. The van der Waals surface area contributed by atoms with E-state index in [0.29, 0.717) is 35.7 Å². The van der Waals surface area contributed by atoms with Gasteiger partial charge in [-0.3, -0.25) is 9.59 Å². The number of piperidine rings is 1. The Labute approximate surface area is 183 Å². The quantitative estimate of drug-likeness (QED) is 0.680. The first kappa shape index (κ1) is 22.6. The Hall–Kier alpha value is -3.06. The molecular formula is C24H31N3O4. The highest BCUT2D eigenvalue weighted by atomic mass is 16.5. The lowest BCUT2D eigenvalue weighted by atomic mass is 9.96. The van der Waals surface area contributed by atoms with Gasteiger partial charge in [0.25, 0.3) is 5.91 Å². The monoisotopic (exact) mass is 425 g/mol. The van der Waals surface area contributed by atoms with Crippen LogP contribution in [0.3, 0.4) is 0 Å². The van der Waals surface area contributed by atoms with E-state index >= 15 is 0 Å². The lowest BCUT2D eigenvalue weighted by Crippen LogP contribution is -2.36. The minimum Gasteiger partial charge on any atom is -0.493 e. The average Bonchev–Trinajstić information content (AvgIpc) is 2.79. The highest BCUT2D eigenvalue weighted by Gasteiger charge is 2.24. The predicted octanol–water partition coefficient (Wildman–Crippen LogP) is 2.96. The van der Waals surface area contributed by atoms with Gasteiger partial charge in [0.15, 0.2) is 11.5 Å². The van der Waals surface area contributed by atoms with E-state index in [2.05, 4.69) is 22.6 Å². The first-order chi connectivity index (χ1) is 15.0. The molecule has 7 heteroatoms. The highest BCUT2D eigenvalue weighted by Crippen LogP contribution is 2.27. The van der Waals surface area contributed by atoms with E-state index in [4.69, 9.17) is 9.47 Å². The van der Waals surface area contributed by atoms with Gasteiger partial charge in [0.2, 0.25) is 5.91 Å². The summed E-state index contributed by atoms with van der Waals surface area (Å²) in [4.78, 5) is 27.7. The van der Waals surface area contributed by atoms with Crippen LogP contribution in [0.4, 0.5) is 5.69 Å². The van der Waals surface area contributed by atoms with Crippen LogP contribution in [0, 0.1) is 5.92 Å². The van der Waals surface area contributed by atoms with Gasteiger partial charge in [0, 0.05) is 12.5 Å². The van der Waals surface area contributed by atoms with Crippen molar-refractivity contribution in [1.29, 1.82) is 0 Å². The Bertz CT molecular complexity index is 907. The molecule has 2 aromatic rings. The van der Waals surface area contributed by atoms with E-state index in [1.807, 2.05) is 24.3 Å². The maximum atomic E-state index is 12.8. The molecule has 7 nitrogen and oxygen atoms in total. The summed E-state index contributed by atoms with van der Waals surface area (Å²) in [6.45, 7) is 2.29. The number of hydrogen-bond donors (Lipinski definition) is 2. The number of carbonyl (C=O) groups excluding carboxylic acids is 2. The van der Waals surface area contributed by atoms with Crippen molar-refractivity contribution in [2.75, 3.05) is 46.2 Å². The molecule has 3 rings (SSSR count). The third kappa shape index (κ3) is 5.98. The molecule has 2 amide bonds. The number of rotatable bonds is 8. The van der Waals surface area contributed by atoms with Gasteiger partial charge in [-0.25, -0.2) is 0 Å². The van der Waals surface area contributed by atoms with Crippen molar-refractivity contribution in [3.05, 3.63) is 53.6 Å². The average molecular weight is 426 g/mol. The van der Waals surface area contributed by atoms with Crippen LogP contribution in [0.5, 0.6) is 11.5 Å². The van der Waals surface area contributed by atoms with Crippen molar-refractivity contribution in [3.63, 3.8) is 0 Å². The maximum Gasteiger partial charge on any atom is 0.253 e. The topological polar surface area (TPSA) is 79.9 Å². The largest absolute Gasteiger partial charge is 0.493 e. The molecule has 1 saturated heterocycles. The molecule has 31 heavy (non-hydrogen) atoms. The zero-order valence-corrected chi connectivity index (χ0v) is 18.4. The number of carbonyl (C=O) groups is 2. The molecule has 1 aliphatic rings. The Morgan fingerprint density at radius 2 is 1.74 bits per heavy atom. The normalized spacial score (nSPS) is 14.7. The first-order valence-corrected chi connectivity index (χ1v) is 10.6. The van der Waals surface area contributed by atoms with Crippen LogP contribution in [0.1, 0.15) is 28.8 Å². The van der Waals surface area contributed by atoms with E-state index in [-0.39, 0.29) is 17.7 Å². The first-order valence-electron chi connectivity index (χ1n) is 10.6. The summed E-state index contributed by atoms with van der Waals surface area (Å²) in [7, 11) is 5.26. The zero-order valence-electron chi connectivity index (χ0n) is 18.4. The summed E-state index contributed by atoms with van der Waals surface area (Å²) in [5.74, 6) is 1.09. The molecule has 2 N–H and O–H groups in total. The molecule has 0 spiro atoms. The molecule has 1 aliphatic heterocycles. The van der Waals surface area contributed by atoms with Gasteiger partial charge < -0.3 is 25.0 Å².